The number of hydrogen-bond acceptors (Lipinski definition) is 3. The van der Waals surface area contributed by atoms with E-state index in [9.17, 15) is 0 Å². The van der Waals surface area contributed by atoms with E-state index in [2.05, 4.69) is 209 Å². The molecule has 268 valence electrons. The fourth-order valence-electron chi connectivity index (χ4n) is 9.01. The van der Waals surface area contributed by atoms with E-state index < -0.39 is 0 Å². The van der Waals surface area contributed by atoms with E-state index >= 15 is 0 Å². The normalized spacial score (nSPS) is 16.4. The van der Waals surface area contributed by atoms with Gasteiger partial charge >= 0.3 is 0 Å². The van der Waals surface area contributed by atoms with Crippen molar-refractivity contribution in [1.82, 2.24) is 4.57 Å². The average molecular weight is 739 g/mol. The lowest BCUT2D eigenvalue weighted by molar-refractivity contribution is 0.267. The van der Waals surface area contributed by atoms with Crippen LogP contribution in [0.4, 0.5) is 17.1 Å². The smallest absolute Gasteiger partial charge is 0.128 e. The number of fused-ring (bicyclic) bond motifs is 7. The molecular weight excluding hydrogens is 701 g/mol. The van der Waals surface area contributed by atoms with Crippen LogP contribution in [0, 0.1) is 0 Å². The summed E-state index contributed by atoms with van der Waals surface area (Å²) >= 11 is 1.80. The zero-order valence-corrected chi connectivity index (χ0v) is 31.5. The minimum Gasteiger partial charge on any atom is -0.485 e. The van der Waals surface area contributed by atoms with Gasteiger partial charge in [0.1, 0.15) is 11.9 Å². The Morgan fingerprint density at radius 1 is 0.661 bits per heavy atom. The first kappa shape index (κ1) is 32.8. The van der Waals surface area contributed by atoms with Crippen molar-refractivity contribution in [3.05, 3.63) is 222 Å². The number of rotatable bonds is 8. The Morgan fingerprint density at radius 2 is 1.43 bits per heavy atom. The van der Waals surface area contributed by atoms with Gasteiger partial charge in [-0.2, -0.15) is 0 Å². The molecule has 0 amide bonds. The second-order valence-corrected chi connectivity index (χ2v) is 15.8. The second-order valence-electron chi connectivity index (χ2n) is 14.8. The molecule has 3 heterocycles. The minimum absolute atomic E-state index is 0.0687. The van der Waals surface area contributed by atoms with Crippen LogP contribution < -0.4 is 9.64 Å². The highest BCUT2D eigenvalue weighted by atomic mass is 32.1. The topological polar surface area (TPSA) is 17.4 Å². The first-order chi connectivity index (χ1) is 27.8. The Hall–Kier alpha value is -6.62. The standard InChI is InChI=1S/C52H38N2OS/c1-4-13-35(14-5-1)31-44(36-24-28-51-38(32-36)29-30-56-51)37-23-26-42-45-34-41(25-27-49(45)55-50(42)33-37)53(39-15-6-2-7-16-39)47-21-12-22-48-52(47)43-19-10-11-20-46(43)54(48)40-17-8-3-9-18-40/h1-30,32-34,42,44,50H,31H2. The summed E-state index contributed by atoms with van der Waals surface area (Å²) in [6.45, 7) is 0. The van der Waals surface area contributed by atoms with Crippen LogP contribution in [-0.4, -0.2) is 10.7 Å². The minimum atomic E-state index is -0.0687. The van der Waals surface area contributed by atoms with Crippen molar-refractivity contribution in [2.45, 2.75) is 24.4 Å². The summed E-state index contributed by atoms with van der Waals surface area (Å²) in [4.78, 5) is 2.42. The maximum Gasteiger partial charge on any atom is 0.128 e. The van der Waals surface area contributed by atoms with E-state index in [1.165, 1.54) is 54.2 Å². The third-order valence-corrected chi connectivity index (χ3v) is 12.5. The lowest BCUT2D eigenvalue weighted by Crippen LogP contribution is -2.20. The van der Waals surface area contributed by atoms with E-state index in [1.807, 2.05) is 0 Å². The SMILES string of the molecule is C1=CC2c3cc(N(c4ccccc4)c4cccc5c4c4ccccc4n5-c4ccccc4)ccc3OC2C=C1C(Cc1ccccc1)c1ccc2sccc2c1. The third kappa shape index (κ3) is 5.56. The van der Waals surface area contributed by atoms with Gasteiger partial charge in [0, 0.05) is 49.9 Å². The van der Waals surface area contributed by atoms with Crippen LogP contribution in [0.25, 0.3) is 37.6 Å². The molecule has 3 unspecified atom stereocenters. The molecule has 3 nitrogen and oxygen atoms in total. The molecule has 0 bridgehead atoms. The summed E-state index contributed by atoms with van der Waals surface area (Å²) in [6, 6.07) is 63.8. The molecule has 2 aromatic heterocycles. The fourth-order valence-corrected chi connectivity index (χ4v) is 9.78. The number of aromatic nitrogens is 1. The van der Waals surface area contributed by atoms with Crippen LogP contribution in [0.15, 0.2) is 205 Å². The highest BCUT2D eigenvalue weighted by Crippen LogP contribution is 2.49. The maximum atomic E-state index is 6.81. The first-order valence-corrected chi connectivity index (χ1v) is 20.3. The zero-order chi connectivity index (χ0) is 37.0. The Kier molecular flexibility index (Phi) is 7.96. The van der Waals surface area contributed by atoms with Gasteiger partial charge in [0.15, 0.2) is 0 Å². The summed E-state index contributed by atoms with van der Waals surface area (Å²) in [6.07, 6.45) is 8.01. The lowest BCUT2D eigenvalue weighted by Gasteiger charge is -2.27. The van der Waals surface area contributed by atoms with Crippen LogP contribution in [0.2, 0.25) is 0 Å². The molecule has 0 N–H and O–H groups in total. The molecule has 0 saturated heterocycles. The van der Waals surface area contributed by atoms with E-state index in [0.29, 0.717) is 0 Å². The zero-order valence-electron chi connectivity index (χ0n) is 30.7. The third-order valence-electron chi connectivity index (χ3n) is 11.6. The van der Waals surface area contributed by atoms with Crippen molar-refractivity contribution in [3.63, 3.8) is 0 Å². The predicted octanol–water partition coefficient (Wildman–Crippen LogP) is 13.8. The van der Waals surface area contributed by atoms with Gasteiger partial charge in [0.05, 0.1) is 16.7 Å². The molecule has 4 heteroatoms. The number of benzene rings is 7. The summed E-state index contributed by atoms with van der Waals surface area (Å²) in [7, 11) is 0. The number of para-hydroxylation sites is 3. The van der Waals surface area contributed by atoms with Gasteiger partial charge in [-0.05, 0) is 119 Å². The number of hydrogen-bond donors (Lipinski definition) is 0. The molecule has 3 atom stereocenters. The van der Waals surface area contributed by atoms with Crippen molar-refractivity contribution in [2.75, 3.05) is 4.90 Å². The summed E-state index contributed by atoms with van der Waals surface area (Å²) in [5.41, 5.74) is 12.1. The first-order valence-electron chi connectivity index (χ1n) is 19.4. The molecule has 2 aliphatic rings. The number of anilines is 3. The maximum absolute atomic E-state index is 6.81. The number of thiophene rings is 1. The van der Waals surface area contributed by atoms with E-state index in [1.54, 1.807) is 11.3 Å². The van der Waals surface area contributed by atoms with Crippen LogP contribution >= 0.6 is 11.3 Å². The Morgan fingerprint density at radius 3 is 2.29 bits per heavy atom. The molecular formula is C52H38N2OS. The van der Waals surface area contributed by atoms with Crippen LogP contribution in [0.3, 0.4) is 0 Å². The molecule has 7 aromatic carbocycles. The quantitative estimate of drug-likeness (QED) is 0.154. The van der Waals surface area contributed by atoms with E-state index in [0.717, 1.165) is 34.9 Å². The highest BCUT2D eigenvalue weighted by molar-refractivity contribution is 7.17. The van der Waals surface area contributed by atoms with Crippen molar-refractivity contribution < 1.29 is 4.74 Å². The summed E-state index contributed by atoms with van der Waals surface area (Å²) < 4.78 is 10.5. The van der Waals surface area contributed by atoms with Gasteiger partial charge in [0.2, 0.25) is 0 Å². The largest absolute Gasteiger partial charge is 0.485 e. The molecule has 0 radical (unpaired) electrons. The van der Waals surface area contributed by atoms with Crippen molar-refractivity contribution in [2.24, 2.45) is 0 Å². The molecule has 1 aliphatic heterocycles. The van der Waals surface area contributed by atoms with Crippen molar-refractivity contribution in [3.8, 4) is 11.4 Å². The van der Waals surface area contributed by atoms with Gasteiger partial charge in [-0.25, -0.2) is 0 Å². The molecule has 0 spiro atoms. The van der Waals surface area contributed by atoms with Crippen LogP contribution in [-0.2, 0) is 6.42 Å². The van der Waals surface area contributed by atoms with Crippen molar-refractivity contribution >= 4 is 60.3 Å². The highest BCUT2D eigenvalue weighted by Gasteiger charge is 2.35. The molecule has 0 saturated carbocycles. The Labute approximate surface area is 330 Å². The number of nitrogens with zero attached hydrogens (tertiary/aromatic N) is 2. The predicted molar refractivity (Wildman–Crippen MR) is 235 cm³/mol. The number of ether oxygens (including phenoxy) is 1. The Bertz CT molecular complexity index is 2940. The van der Waals surface area contributed by atoms with Gasteiger partial charge < -0.3 is 14.2 Å². The van der Waals surface area contributed by atoms with Gasteiger partial charge in [-0.15, -0.1) is 11.3 Å². The van der Waals surface area contributed by atoms with Crippen LogP contribution in [0.1, 0.15) is 28.5 Å². The summed E-state index contributed by atoms with van der Waals surface area (Å²) in [5, 5.41) is 5.94. The van der Waals surface area contributed by atoms with Crippen molar-refractivity contribution in [1.29, 1.82) is 0 Å². The van der Waals surface area contributed by atoms with Gasteiger partial charge in [-0.3, -0.25) is 0 Å². The molecule has 9 aromatic rings. The van der Waals surface area contributed by atoms with Crippen LogP contribution in [0.5, 0.6) is 5.75 Å². The Balaban J connectivity index is 1.00. The molecule has 0 fully saturated rings. The lowest BCUT2D eigenvalue weighted by atomic mass is 9.80. The van der Waals surface area contributed by atoms with E-state index in [-0.39, 0.29) is 17.9 Å². The monoisotopic (exact) mass is 738 g/mol. The number of allylic oxidation sites excluding steroid dienone is 2. The van der Waals surface area contributed by atoms with E-state index in [4.69, 9.17) is 4.74 Å². The summed E-state index contributed by atoms with van der Waals surface area (Å²) in [5.74, 6) is 1.30. The average Bonchev–Trinajstić information content (AvgIpc) is 3.98. The fraction of sp³-hybridized carbons (Fsp3) is 0.0769. The molecule has 56 heavy (non-hydrogen) atoms. The second kappa shape index (κ2) is 13.6. The molecule has 1 aliphatic carbocycles. The molecule has 11 rings (SSSR count). The van der Waals surface area contributed by atoms with Gasteiger partial charge in [0.25, 0.3) is 0 Å². The van der Waals surface area contributed by atoms with Gasteiger partial charge in [-0.1, -0.05) is 109 Å².